The first kappa shape index (κ1) is 14.9. The lowest BCUT2D eigenvalue weighted by Crippen LogP contribution is -2.21. The number of thiophene rings is 1. The number of halogens is 2. The molecule has 0 fully saturated rings. The molecule has 108 valence electrons. The summed E-state index contributed by atoms with van der Waals surface area (Å²) in [6.45, 7) is 2.06. The van der Waals surface area contributed by atoms with E-state index in [1.807, 2.05) is 19.9 Å². The molecule has 1 N–H and O–H groups in total. The summed E-state index contributed by atoms with van der Waals surface area (Å²) in [5.41, 5.74) is 2.06. The fourth-order valence-electron chi connectivity index (χ4n) is 2.12. The van der Waals surface area contributed by atoms with E-state index in [1.54, 1.807) is 23.5 Å². The number of ether oxygens (including phenoxy) is 1. The summed E-state index contributed by atoms with van der Waals surface area (Å²) >= 11 is 1.68. The van der Waals surface area contributed by atoms with Crippen molar-refractivity contribution in [2.45, 2.75) is 26.5 Å². The Bertz CT molecular complexity index is 556. The predicted molar refractivity (Wildman–Crippen MR) is 77.6 cm³/mol. The van der Waals surface area contributed by atoms with Crippen molar-refractivity contribution in [2.24, 2.45) is 0 Å². The van der Waals surface area contributed by atoms with Crippen molar-refractivity contribution in [1.82, 2.24) is 5.32 Å². The van der Waals surface area contributed by atoms with Gasteiger partial charge in [-0.05, 0) is 48.2 Å². The van der Waals surface area contributed by atoms with Crippen molar-refractivity contribution in [3.8, 4) is 5.75 Å². The molecule has 0 amide bonds. The van der Waals surface area contributed by atoms with Crippen LogP contribution in [0.5, 0.6) is 5.75 Å². The summed E-state index contributed by atoms with van der Waals surface area (Å²) in [6, 6.07) is 8.95. The van der Waals surface area contributed by atoms with Crippen molar-refractivity contribution >= 4 is 11.3 Å². The number of rotatable bonds is 6. The molecular formula is C15H17F2NOS. The monoisotopic (exact) mass is 297 g/mol. The summed E-state index contributed by atoms with van der Waals surface area (Å²) < 4.78 is 29.0. The SMILES string of the molecule is CCNC(c1cccc(OC(F)F)c1)c1csc(C)c1. The number of alkyl halides is 2. The van der Waals surface area contributed by atoms with Crippen LogP contribution >= 0.6 is 11.3 Å². The Labute approximate surface area is 121 Å². The van der Waals surface area contributed by atoms with E-state index in [1.165, 1.54) is 10.9 Å². The molecular weight excluding hydrogens is 280 g/mol. The Balaban J connectivity index is 2.29. The molecule has 0 saturated carbocycles. The first-order valence-corrected chi connectivity index (χ1v) is 7.31. The average molecular weight is 297 g/mol. The van der Waals surface area contributed by atoms with Gasteiger partial charge in [-0.2, -0.15) is 8.78 Å². The maximum atomic E-state index is 12.3. The number of hydrogen-bond acceptors (Lipinski definition) is 3. The van der Waals surface area contributed by atoms with Crippen LogP contribution in [0.3, 0.4) is 0 Å². The molecule has 0 saturated heterocycles. The second kappa shape index (κ2) is 6.81. The van der Waals surface area contributed by atoms with Crippen LogP contribution < -0.4 is 10.1 Å². The molecule has 20 heavy (non-hydrogen) atoms. The Kier molecular flexibility index (Phi) is 5.09. The summed E-state index contributed by atoms with van der Waals surface area (Å²) in [5, 5.41) is 5.46. The third-order valence-electron chi connectivity index (χ3n) is 2.91. The second-order valence-corrected chi connectivity index (χ2v) is 5.55. The van der Waals surface area contributed by atoms with E-state index in [0.29, 0.717) is 0 Å². The average Bonchev–Trinajstić information content (AvgIpc) is 2.82. The Morgan fingerprint density at radius 1 is 1.25 bits per heavy atom. The molecule has 0 bridgehead atoms. The topological polar surface area (TPSA) is 21.3 Å². The first-order valence-electron chi connectivity index (χ1n) is 6.43. The Morgan fingerprint density at radius 2 is 2.05 bits per heavy atom. The van der Waals surface area contributed by atoms with Gasteiger partial charge in [0.05, 0.1) is 6.04 Å². The van der Waals surface area contributed by atoms with Crippen LogP contribution in [0.2, 0.25) is 0 Å². The molecule has 0 spiro atoms. The number of hydrogen-bond donors (Lipinski definition) is 1. The number of benzene rings is 1. The lowest BCUT2D eigenvalue weighted by Gasteiger charge is -2.18. The van der Waals surface area contributed by atoms with Gasteiger partial charge in [0, 0.05) is 4.88 Å². The van der Waals surface area contributed by atoms with Gasteiger partial charge in [-0.3, -0.25) is 0 Å². The maximum absolute atomic E-state index is 12.3. The minimum absolute atomic E-state index is 0.00817. The fraction of sp³-hybridized carbons (Fsp3) is 0.333. The molecule has 1 atom stereocenters. The Hall–Kier alpha value is -1.46. The van der Waals surface area contributed by atoms with Crippen LogP contribution in [0.25, 0.3) is 0 Å². The molecule has 1 heterocycles. The van der Waals surface area contributed by atoms with E-state index < -0.39 is 6.61 Å². The van der Waals surface area contributed by atoms with Gasteiger partial charge in [-0.15, -0.1) is 11.3 Å². The standard InChI is InChI=1S/C15H17F2NOS/c1-3-18-14(12-7-10(2)20-9-12)11-5-4-6-13(8-11)19-15(16)17/h4-9,14-15,18H,3H2,1-2H3. The van der Waals surface area contributed by atoms with Crippen LogP contribution in [0, 0.1) is 6.92 Å². The third-order valence-corrected chi connectivity index (χ3v) is 3.79. The summed E-state index contributed by atoms with van der Waals surface area (Å²) in [7, 11) is 0. The highest BCUT2D eigenvalue weighted by atomic mass is 32.1. The van der Waals surface area contributed by atoms with E-state index in [-0.39, 0.29) is 11.8 Å². The summed E-state index contributed by atoms with van der Waals surface area (Å²) in [6.07, 6.45) is 0. The molecule has 0 aliphatic rings. The van der Waals surface area contributed by atoms with Gasteiger partial charge in [0.2, 0.25) is 0 Å². The zero-order valence-electron chi connectivity index (χ0n) is 11.4. The lowest BCUT2D eigenvalue weighted by atomic mass is 10.0. The van der Waals surface area contributed by atoms with E-state index in [9.17, 15) is 8.78 Å². The molecule has 5 heteroatoms. The summed E-state index contributed by atoms with van der Waals surface area (Å²) in [5.74, 6) is 0.187. The zero-order chi connectivity index (χ0) is 14.5. The molecule has 2 aromatic rings. The predicted octanol–water partition coefficient (Wildman–Crippen LogP) is 4.36. The van der Waals surface area contributed by atoms with Crippen molar-refractivity contribution < 1.29 is 13.5 Å². The third kappa shape index (κ3) is 3.77. The van der Waals surface area contributed by atoms with E-state index in [2.05, 4.69) is 21.5 Å². The smallest absolute Gasteiger partial charge is 0.387 e. The summed E-state index contributed by atoms with van der Waals surface area (Å²) in [4.78, 5) is 1.22. The van der Waals surface area contributed by atoms with Gasteiger partial charge < -0.3 is 10.1 Å². The van der Waals surface area contributed by atoms with Gasteiger partial charge in [-0.1, -0.05) is 19.1 Å². The van der Waals surface area contributed by atoms with E-state index in [4.69, 9.17) is 0 Å². The van der Waals surface area contributed by atoms with Gasteiger partial charge in [-0.25, -0.2) is 0 Å². The largest absolute Gasteiger partial charge is 0.435 e. The highest BCUT2D eigenvalue weighted by molar-refractivity contribution is 7.10. The van der Waals surface area contributed by atoms with Gasteiger partial charge in [0.15, 0.2) is 0 Å². The second-order valence-electron chi connectivity index (χ2n) is 4.43. The molecule has 2 rings (SSSR count). The fourth-order valence-corrected chi connectivity index (χ4v) is 2.85. The zero-order valence-corrected chi connectivity index (χ0v) is 12.2. The minimum Gasteiger partial charge on any atom is -0.435 e. The van der Waals surface area contributed by atoms with Crippen LogP contribution in [-0.4, -0.2) is 13.2 Å². The van der Waals surface area contributed by atoms with Crippen molar-refractivity contribution in [3.05, 3.63) is 51.7 Å². The van der Waals surface area contributed by atoms with Crippen LogP contribution in [0.1, 0.15) is 29.0 Å². The molecule has 0 aliphatic carbocycles. The maximum Gasteiger partial charge on any atom is 0.387 e. The van der Waals surface area contributed by atoms with Gasteiger partial charge in [0.25, 0.3) is 0 Å². The molecule has 1 unspecified atom stereocenters. The molecule has 2 nitrogen and oxygen atoms in total. The van der Waals surface area contributed by atoms with Crippen molar-refractivity contribution in [3.63, 3.8) is 0 Å². The molecule has 1 aromatic carbocycles. The normalized spacial score (nSPS) is 12.7. The molecule has 0 aliphatic heterocycles. The van der Waals surface area contributed by atoms with Crippen LogP contribution in [0.15, 0.2) is 35.7 Å². The van der Waals surface area contributed by atoms with Crippen molar-refractivity contribution in [2.75, 3.05) is 6.54 Å². The first-order chi connectivity index (χ1) is 9.60. The molecule has 1 aromatic heterocycles. The van der Waals surface area contributed by atoms with Gasteiger partial charge >= 0.3 is 6.61 Å². The van der Waals surface area contributed by atoms with Crippen molar-refractivity contribution in [1.29, 1.82) is 0 Å². The minimum atomic E-state index is -2.80. The number of nitrogens with one attached hydrogen (secondary N) is 1. The van der Waals surface area contributed by atoms with Crippen LogP contribution in [-0.2, 0) is 0 Å². The quantitative estimate of drug-likeness (QED) is 0.855. The highest BCUT2D eigenvalue weighted by Crippen LogP contribution is 2.28. The Morgan fingerprint density at radius 3 is 2.65 bits per heavy atom. The van der Waals surface area contributed by atoms with E-state index in [0.717, 1.165) is 17.7 Å². The number of aryl methyl sites for hydroxylation is 1. The molecule has 0 radical (unpaired) electrons. The van der Waals surface area contributed by atoms with E-state index >= 15 is 0 Å². The van der Waals surface area contributed by atoms with Crippen LogP contribution in [0.4, 0.5) is 8.78 Å². The lowest BCUT2D eigenvalue weighted by molar-refractivity contribution is -0.0498. The highest BCUT2D eigenvalue weighted by Gasteiger charge is 2.15. The van der Waals surface area contributed by atoms with Gasteiger partial charge in [0.1, 0.15) is 5.75 Å².